The van der Waals surface area contributed by atoms with Gasteiger partial charge in [0.1, 0.15) is 5.82 Å². The molecule has 1 aliphatic rings. The molecule has 0 bridgehead atoms. The van der Waals surface area contributed by atoms with Crippen LogP contribution in [0.25, 0.3) is 0 Å². The fourth-order valence-electron chi connectivity index (χ4n) is 3.63. The van der Waals surface area contributed by atoms with Gasteiger partial charge < -0.3 is 5.32 Å². The number of nitrogens with one attached hydrogen (secondary N) is 1. The summed E-state index contributed by atoms with van der Waals surface area (Å²) in [5.74, 6) is -0.167. The topological polar surface area (TPSA) is 12.0 Å². The standard InChI is InChI=1S/C17H24BrClFN/c1-3-9-21-16(17(4-2)7-5-6-8-17)12-10-14(19)13(18)11-15(12)20/h10-11,16,21H,3-9H2,1-2H3. The van der Waals surface area contributed by atoms with Gasteiger partial charge >= 0.3 is 0 Å². The number of benzene rings is 1. The molecule has 0 saturated heterocycles. The van der Waals surface area contributed by atoms with Gasteiger partial charge in [-0.15, -0.1) is 0 Å². The Labute approximate surface area is 140 Å². The van der Waals surface area contributed by atoms with Crippen LogP contribution >= 0.6 is 27.5 Å². The van der Waals surface area contributed by atoms with Crippen molar-refractivity contribution in [1.82, 2.24) is 5.32 Å². The molecule has 1 aromatic carbocycles. The molecule has 0 radical (unpaired) electrons. The van der Waals surface area contributed by atoms with Crippen LogP contribution in [0.5, 0.6) is 0 Å². The number of hydrogen-bond donors (Lipinski definition) is 1. The van der Waals surface area contributed by atoms with E-state index in [4.69, 9.17) is 11.6 Å². The first-order chi connectivity index (χ1) is 10.0. The van der Waals surface area contributed by atoms with Crippen LogP contribution in [0.1, 0.15) is 64.0 Å². The minimum atomic E-state index is -0.167. The predicted molar refractivity (Wildman–Crippen MR) is 91.3 cm³/mol. The van der Waals surface area contributed by atoms with Gasteiger partial charge in [-0.1, -0.05) is 38.3 Å². The molecule has 1 aromatic rings. The molecular weight excluding hydrogens is 353 g/mol. The highest BCUT2D eigenvalue weighted by molar-refractivity contribution is 9.10. The highest BCUT2D eigenvalue weighted by Crippen LogP contribution is 2.51. The van der Waals surface area contributed by atoms with Crippen molar-refractivity contribution in [1.29, 1.82) is 0 Å². The molecule has 118 valence electrons. The molecule has 0 aliphatic heterocycles. The molecule has 0 aromatic heterocycles. The van der Waals surface area contributed by atoms with Crippen molar-refractivity contribution in [2.24, 2.45) is 5.41 Å². The highest BCUT2D eigenvalue weighted by atomic mass is 79.9. The maximum atomic E-state index is 14.5. The number of rotatable bonds is 6. The van der Waals surface area contributed by atoms with E-state index in [-0.39, 0.29) is 17.3 Å². The molecular formula is C17H24BrClFN. The van der Waals surface area contributed by atoms with Crippen LogP contribution in [-0.4, -0.2) is 6.54 Å². The van der Waals surface area contributed by atoms with Crippen LogP contribution in [0.4, 0.5) is 4.39 Å². The quantitative estimate of drug-likeness (QED) is 0.578. The first kappa shape index (κ1) is 17.2. The van der Waals surface area contributed by atoms with Crippen molar-refractivity contribution in [3.8, 4) is 0 Å². The van der Waals surface area contributed by atoms with E-state index >= 15 is 0 Å². The summed E-state index contributed by atoms with van der Waals surface area (Å²) in [6.45, 7) is 5.27. The average molecular weight is 377 g/mol. The molecule has 0 heterocycles. The molecule has 1 aliphatic carbocycles. The van der Waals surface area contributed by atoms with Gasteiger partial charge in [-0.25, -0.2) is 4.39 Å². The lowest BCUT2D eigenvalue weighted by Gasteiger charge is -2.38. The fourth-order valence-corrected chi connectivity index (χ4v) is 4.12. The van der Waals surface area contributed by atoms with Crippen molar-refractivity contribution < 1.29 is 4.39 Å². The molecule has 21 heavy (non-hydrogen) atoms. The van der Waals surface area contributed by atoms with Crippen LogP contribution in [0, 0.1) is 11.2 Å². The van der Waals surface area contributed by atoms with Crippen LogP contribution in [0.3, 0.4) is 0 Å². The Hall–Kier alpha value is -0.120. The molecule has 0 spiro atoms. The summed E-state index contributed by atoms with van der Waals surface area (Å²) in [5.41, 5.74) is 0.882. The van der Waals surface area contributed by atoms with Crippen molar-refractivity contribution in [2.75, 3.05) is 6.54 Å². The molecule has 1 saturated carbocycles. The van der Waals surface area contributed by atoms with Crippen LogP contribution in [-0.2, 0) is 0 Å². The van der Waals surface area contributed by atoms with E-state index in [1.54, 1.807) is 6.07 Å². The summed E-state index contributed by atoms with van der Waals surface area (Å²) in [7, 11) is 0. The summed E-state index contributed by atoms with van der Waals surface area (Å²) in [5, 5.41) is 4.18. The van der Waals surface area contributed by atoms with Gasteiger partial charge in [0.2, 0.25) is 0 Å². The predicted octanol–water partition coefficient (Wildman–Crippen LogP) is 6.25. The summed E-state index contributed by atoms with van der Waals surface area (Å²) >= 11 is 9.52. The first-order valence-corrected chi connectivity index (χ1v) is 9.09. The highest BCUT2D eigenvalue weighted by Gasteiger charge is 2.41. The van der Waals surface area contributed by atoms with Gasteiger partial charge in [-0.05, 0) is 65.7 Å². The monoisotopic (exact) mass is 375 g/mol. The van der Waals surface area contributed by atoms with Crippen molar-refractivity contribution in [2.45, 2.75) is 58.4 Å². The zero-order chi connectivity index (χ0) is 15.5. The van der Waals surface area contributed by atoms with Crippen molar-refractivity contribution in [3.05, 3.63) is 33.0 Å². The van der Waals surface area contributed by atoms with E-state index in [2.05, 4.69) is 35.1 Å². The molecule has 4 heteroatoms. The second-order valence-electron chi connectivity index (χ2n) is 6.10. The summed E-state index contributed by atoms with van der Waals surface area (Å²) in [4.78, 5) is 0. The lowest BCUT2D eigenvalue weighted by Crippen LogP contribution is -2.37. The molecule has 1 atom stereocenters. The van der Waals surface area contributed by atoms with E-state index in [9.17, 15) is 4.39 Å². The normalized spacial score (nSPS) is 18.9. The average Bonchev–Trinajstić information content (AvgIpc) is 2.94. The molecule has 1 N–H and O–H groups in total. The Morgan fingerprint density at radius 2 is 2.00 bits per heavy atom. The maximum Gasteiger partial charge on any atom is 0.129 e. The smallest absolute Gasteiger partial charge is 0.129 e. The zero-order valence-electron chi connectivity index (χ0n) is 12.8. The number of hydrogen-bond acceptors (Lipinski definition) is 1. The maximum absolute atomic E-state index is 14.5. The Morgan fingerprint density at radius 3 is 2.57 bits per heavy atom. The first-order valence-electron chi connectivity index (χ1n) is 7.92. The van der Waals surface area contributed by atoms with Gasteiger partial charge in [0.05, 0.1) is 5.02 Å². The zero-order valence-corrected chi connectivity index (χ0v) is 15.2. The van der Waals surface area contributed by atoms with E-state index in [1.165, 1.54) is 18.9 Å². The van der Waals surface area contributed by atoms with Gasteiger partial charge in [0, 0.05) is 16.1 Å². The fraction of sp³-hybridized carbons (Fsp3) is 0.647. The summed E-state index contributed by atoms with van der Waals surface area (Å²) < 4.78 is 15.2. The lowest BCUT2D eigenvalue weighted by molar-refractivity contribution is 0.183. The summed E-state index contributed by atoms with van der Waals surface area (Å²) in [6, 6.07) is 3.34. The Bertz CT molecular complexity index is 486. The molecule has 2 rings (SSSR count). The van der Waals surface area contributed by atoms with E-state index in [0.717, 1.165) is 37.8 Å². The lowest BCUT2D eigenvalue weighted by atomic mass is 9.73. The third-order valence-electron chi connectivity index (χ3n) is 4.86. The SMILES string of the molecule is CCCNC(c1cc(Cl)c(Br)cc1F)C1(CC)CCCC1. The third-order valence-corrected chi connectivity index (χ3v) is 6.06. The third kappa shape index (κ3) is 3.62. The Kier molecular flexibility index (Phi) is 6.10. The van der Waals surface area contributed by atoms with Crippen molar-refractivity contribution >= 4 is 27.5 Å². The second-order valence-corrected chi connectivity index (χ2v) is 7.36. The Morgan fingerprint density at radius 1 is 1.33 bits per heavy atom. The van der Waals surface area contributed by atoms with Crippen molar-refractivity contribution in [3.63, 3.8) is 0 Å². The van der Waals surface area contributed by atoms with Crippen LogP contribution in [0.2, 0.25) is 5.02 Å². The van der Waals surface area contributed by atoms with Crippen LogP contribution in [0.15, 0.2) is 16.6 Å². The van der Waals surface area contributed by atoms with E-state index in [1.807, 2.05) is 0 Å². The molecule has 1 unspecified atom stereocenters. The van der Waals surface area contributed by atoms with Crippen LogP contribution < -0.4 is 5.32 Å². The second kappa shape index (κ2) is 7.43. The number of halogens is 3. The largest absolute Gasteiger partial charge is 0.309 e. The minimum absolute atomic E-state index is 0.0514. The Balaban J connectivity index is 2.42. The van der Waals surface area contributed by atoms with E-state index < -0.39 is 0 Å². The van der Waals surface area contributed by atoms with Gasteiger partial charge in [0.15, 0.2) is 0 Å². The van der Waals surface area contributed by atoms with Gasteiger partial charge in [-0.2, -0.15) is 0 Å². The molecule has 0 amide bonds. The molecule has 1 nitrogen and oxygen atoms in total. The van der Waals surface area contributed by atoms with Gasteiger partial charge in [-0.3, -0.25) is 0 Å². The van der Waals surface area contributed by atoms with Gasteiger partial charge in [0.25, 0.3) is 0 Å². The summed E-state index contributed by atoms with van der Waals surface area (Å²) in [6.07, 6.45) is 6.92. The minimum Gasteiger partial charge on any atom is -0.309 e. The molecule has 1 fully saturated rings. The van der Waals surface area contributed by atoms with E-state index in [0.29, 0.717) is 9.50 Å².